The average molecular weight is 207 g/mol. The van der Waals surface area contributed by atoms with Crippen LogP contribution in [0.15, 0.2) is 18.3 Å². The molecule has 0 aliphatic heterocycles. The van der Waals surface area contributed by atoms with Crippen molar-refractivity contribution >= 4 is 5.82 Å². The predicted octanol–water partition coefficient (Wildman–Crippen LogP) is 2.34. The van der Waals surface area contributed by atoms with Crippen LogP contribution >= 0.6 is 0 Å². The minimum absolute atomic E-state index is 0.0672. The zero-order valence-corrected chi connectivity index (χ0v) is 10.1. The summed E-state index contributed by atoms with van der Waals surface area (Å²) in [4.78, 5) is 6.64. The third-order valence-electron chi connectivity index (χ3n) is 2.55. The number of nitrogens with two attached hydrogens (primary N) is 1. The van der Waals surface area contributed by atoms with Gasteiger partial charge in [0.15, 0.2) is 0 Å². The fourth-order valence-corrected chi connectivity index (χ4v) is 1.67. The van der Waals surface area contributed by atoms with E-state index in [0.29, 0.717) is 6.04 Å². The van der Waals surface area contributed by atoms with Crippen molar-refractivity contribution in [2.45, 2.75) is 39.8 Å². The first-order valence-electron chi connectivity index (χ1n) is 5.54. The van der Waals surface area contributed by atoms with E-state index in [2.05, 4.69) is 36.7 Å². The topological polar surface area (TPSA) is 42.1 Å². The van der Waals surface area contributed by atoms with Gasteiger partial charge in [-0.05, 0) is 45.4 Å². The molecule has 0 amide bonds. The maximum atomic E-state index is 5.85. The number of hydrogen-bond acceptors (Lipinski definition) is 3. The molecule has 0 spiro atoms. The van der Waals surface area contributed by atoms with Crippen molar-refractivity contribution in [3.63, 3.8) is 0 Å². The normalized spacial score (nSPS) is 12.9. The standard InChI is InChI=1S/C12H21N3/c1-5-15(9(2)3)12-8-11(10(4)13)6-7-14-12/h6-10H,5,13H2,1-4H3/t10-/m1/s1. The van der Waals surface area contributed by atoms with E-state index in [1.165, 1.54) is 0 Å². The Labute approximate surface area is 92.3 Å². The highest BCUT2D eigenvalue weighted by Gasteiger charge is 2.10. The number of aromatic nitrogens is 1. The molecule has 1 heterocycles. The Morgan fingerprint density at radius 2 is 2.07 bits per heavy atom. The lowest BCUT2D eigenvalue weighted by molar-refractivity contribution is 0.691. The zero-order valence-electron chi connectivity index (χ0n) is 10.1. The van der Waals surface area contributed by atoms with Crippen molar-refractivity contribution in [3.8, 4) is 0 Å². The maximum absolute atomic E-state index is 5.85. The Balaban J connectivity index is 2.98. The quantitative estimate of drug-likeness (QED) is 0.824. The van der Waals surface area contributed by atoms with E-state index in [0.717, 1.165) is 17.9 Å². The molecule has 0 saturated carbocycles. The van der Waals surface area contributed by atoms with Gasteiger partial charge >= 0.3 is 0 Å². The number of hydrogen-bond donors (Lipinski definition) is 1. The second kappa shape index (κ2) is 5.12. The maximum Gasteiger partial charge on any atom is 0.129 e. The minimum atomic E-state index is 0.0672. The molecule has 1 atom stereocenters. The Bertz CT molecular complexity index is 307. The lowest BCUT2D eigenvalue weighted by Gasteiger charge is -2.26. The zero-order chi connectivity index (χ0) is 11.4. The lowest BCUT2D eigenvalue weighted by atomic mass is 10.1. The summed E-state index contributed by atoms with van der Waals surface area (Å²) in [6.45, 7) is 9.44. The number of rotatable bonds is 4. The second-order valence-electron chi connectivity index (χ2n) is 4.12. The summed E-state index contributed by atoms with van der Waals surface area (Å²) in [5.74, 6) is 1.02. The minimum Gasteiger partial charge on any atom is -0.354 e. The van der Waals surface area contributed by atoms with Crippen LogP contribution < -0.4 is 10.6 Å². The van der Waals surface area contributed by atoms with Gasteiger partial charge in [0.1, 0.15) is 5.82 Å². The van der Waals surface area contributed by atoms with E-state index < -0.39 is 0 Å². The van der Waals surface area contributed by atoms with Crippen molar-refractivity contribution in [2.75, 3.05) is 11.4 Å². The van der Waals surface area contributed by atoms with Gasteiger partial charge in [-0.15, -0.1) is 0 Å². The molecule has 0 aromatic carbocycles. The highest BCUT2D eigenvalue weighted by Crippen LogP contribution is 2.18. The summed E-state index contributed by atoms with van der Waals surface area (Å²) in [6.07, 6.45) is 1.83. The number of pyridine rings is 1. The molecule has 0 aliphatic carbocycles. The molecular formula is C12H21N3. The SMILES string of the molecule is CCN(c1cc([C@@H](C)N)ccn1)C(C)C. The van der Waals surface area contributed by atoms with Crippen molar-refractivity contribution in [3.05, 3.63) is 23.9 Å². The summed E-state index contributed by atoms with van der Waals surface area (Å²) >= 11 is 0. The van der Waals surface area contributed by atoms with E-state index in [9.17, 15) is 0 Å². The molecule has 15 heavy (non-hydrogen) atoms. The molecule has 0 fully saturated rings. The number of nitrogens with zero attached hydrogens (tertiary/aromatic N) is 2. The van der Waals surface area contributed by atoms with Crippen LogP contribution in [0.1, 0.15) is 39.3 Å². The fourth-order valence-electron chi connectivity index (χ4n) is 1.67. The van der Waals surface area contributed by atoms with Gasteiger partial charge in [-0.2, -0.15) is 0 Å². The van der Waals surface area contributed by atoms with Crippen LogP contribution in [0, 0.1) is 0 Å². The van der Waals surface area contributed by atoms with Crippen LogP contribution in [-0.4, -0.2) is 17.6 Å². The molecule has 0 aliphatic rings. The van der Waals surface area contributed by atoms with Crippen LogP contribution in [0.5, 0.6) is 0 Å². The van der Waals surface area contributed by atoms with Crippen molar-refractivity contribution < 1.29 is 0 Å². The van der Waals surface area contributed by atoms with Gasteiger partial charge in [0.2, 0.25) is 0 Å². The molecule has 84 valence electrons. The van der Waals surface area contributed by atoms with Gasteiger partial charge in [0.25, 0.3) is 0 Å². The first-order valence-corrected chi connectivity index (χ1v) is 5.54. The van der Waals surface area contributed by atoms with Gasteiger partial charge in [-0.1, -0.05) is 0 Å². The third-order valence-corrected chi connectivity index (χ3v) is 2.55. The van der Waals surface area contributed by atoms with Crippen LogP contribution in [0.2, 0.25) is 0 Å². The molecular weight excluding hydrogens is 186 g/mol. The van der Waals surface area contributed by atoms with Crippen LogP contribution in [0.4, 0.5) is 5.82 Å². The van der Waals surface area contributed by atoms with Crippen LogP contribution in [-0.2, 0) is 0 Å². The van der Waals surface area contributed by atoms with Gasteiger partial charge < -0.3 is 10.6 Å². The second-order valence-corrected chi connectivity index (χ2v) is 4.12. The van der Waals surface area contributed by atoms with E-state index in [1.54, 1.807) is 0 Å². The Morgan fingerprint density at radius 1 is 1.40 bits per heavy atom. The highest BCUT2D eigenvalue weighted by molar-refractivity contribution is 5.42. The molecule has 1 rings (SSSR count). The molecule has 3 nitrogen and oxygen atoms in total. The first-order chi connectivity index (χ1) is 7.06. The molecule has 1 aromatic rings. The Kier molecular flexibility index (Phi) is 4.09. The van der Waals surface area contributed by atoms with E-state index in [1.807, 2.05) is 19.2 Å². The van der Waals surface area contributed by atoms with E-state index in [4.69, 9.17) is 5.73 Å². The van der Waals surface area contributed by atoms with Crippen LogP contribution in [0.3, 0.4) is 0 Å². The van der Waals surface area contributed by atoms with Gasteiger partial charge in [0, 0.05) is 24.8 Å². The van der Waals surface area contributed by atoms with Crippen molar-refractivity contribution in [2.24, 2.45) is 5.73 Å². The van der Waals surface area contributed by atoms with Crippen molar-refractivity contribution in [1.29, 1.82) is 0 Å². The van der Waals surface area contributed by atoms with Crippen molar-refractivity contribution in [1.82, 2.24) is 4.98 Å². The fraction of sp³-hybridized carbons (Fsp3) is 0.583. The van der Waals surface area contributed by atoms with E-state index >= 15 is 0 Å². The van der Waals surface area contributed by atoms with Gasteiger partial charge in [0.05, 0.1) is 0 Å². The first kappa shape index (κ1) is 12.0. The Hall–Kier alpha value is -1.09. The highest BCUT2D eigenvalue weighted by atomic mass is 15.2. The lowest BCUT2D eigenvalue weighted by Crippen LogP contribution is -2.31. The van der Waals surface area contributed by atoms with E-state index in [-0.39, 0.29) is 6.04 Å². The Morgan fingerprint density at radius 3 is 2.53 bits per heavy atom. The summed E-state index contributed by atoms with van der Waals surface area (Å²) in [5, 5.41) is 0. The molecule has 3 heteroatoms. The summed E-state index contributed by atoms with van der Waals surface area (Å²) in [7, 11) is 0. The molecule has 0 saturated heterocycles. The molecule has 0 unspecified atom stereocenters. The summed E-state index contributed by atoms with van der Waals surface area (Å²) in [6, 6.07) is 4.58. The molecule has 2 N–H and O–H groups in total. The molecule has 0 radical (unpaired) electrons. The van der Waals surface area contributed by atoms with Gasteiger partial charge in [-0.3, -0.25) is 0 Å². The largest absolute Gasteiger partial charge is 0.354 e. The summed E-state index contributed by atoms with van der Waals surface area (Å²) < 4.78 is 0. The molecule has 0 bridgehead atoms. The van der Waals surface area contributed by atoms with Crippen LogP contribution in [0.25, 0.3) is 0 Å². The number of anilines is 1. The monoisotopic (exact) mass is 207 g/mol. The molecule has 1 aromatic heterocycles. The smallest absolute Gasteiger partial charge is 0.129 e. The third kappa shape index (κ3) is 2.93. The summed E-state index contributed by atoms with van der Waals surface area (Å²) in [5.41, 5.74) is 6.99. The average Bonchev–Trinajstić information content (AvgIpc) is 2.18. The van der Waals surface area contributed by atoms with Gasteiger partial charge in [-0.25, -0.2) is 4.98 Å². The predicted molar refractivity (Wildman–Crippen MR) is 65.0 cm³/mol.